The van der Waals surface area contributed by atoms with Gasteiger partial charge in [0, 0.05) is 13.5 Å². The van der Waals surface area contributed by atoms with Crippen LogP contribution in [0.1, 0.15) is 51.4 Å². The molecular formula is C18H31ClO6. The SMILES string of the molecule is CCl.COCOC1CCCC(C(=O)OC)C1.O=C1OC2CCCC1C2. The van der Waals surface area contributed by atoms with Crippen LogP contribution >= 0.6 is 11.6 Å². The zero-order valence-corrected chi connectivity index (χ0v) is 16.3. The quantitative estimate of drug-likeness (QED) is 0.424. The largest absolute Gasteiger partial charge is 0.469 e. The van der Waals surface area contributed by atoms with Gasteiger partial charge in [-0.1, -0.05) is 6.42 Å². The van der Waals surface area contributed by atoms with Crippen molar-refractivity contribution in [1.29, 1.82) is 0 Å². The van der Waals surface area contributed by atoms with Crippen LogP contribution in [0.15, 0.2) is 0 Å². The van der Waals surface area contributed by atoms with E-state index in [1.165, 1.54) is 19.9 Å². The maximum Gasteiger partial charge on any atom is 0.309 e. The second-order valence-electron chi connectivity index (χ2n) is 6.50. The van der Waals surface area contributed by atoms with Crippen LogP contribution in [-0.4, -0.2) is 51.5 Å². The number of halogens is 1. The summed E-state index contributed by atoms with van der Waals surface area (Å²) >= 11 is 4.64. The summed E-state index contributed by atoms with van der Waals surface area (Å²) in [5.74, 6) is 0.215. The third-order valence-electron chi connectivity index (χ3n) is 4.82. The highest BCUT2D eigenvalue weighted by Gasteiger charge is 2.37. The zero-order valence-electron chi connectivity index (χ0n) is 15.5. The molecule has 3 aliphatic rings. The Kier molecular flexibility index (Phi) is 11.1. The molecule has 0 spiro atoms. The van der Waals surface area contributed by atoms with Gasteiger partial charge in [0.15, 0.2) is 0 Å². The molecule has 25 heavy (non-hydrogen) atoms. The van der Waals surface area contributed by atoms with Gasteiger partial charge < -0.3 is 18.9 Å². The van der Waals surface area contributed by atoms with Gasteiger partial charge in [0.25, 0.3) is 0 Å². The lowest BCUT2D eigenvalue weighted by molar-refractivity contribution is -0.150. The lowest BCUT2D eigenvalue weighted by atomic mass is 9.87. The molecule has 0 radical (unpaired) electrons. The summed E-state index contributed by atoms with van der Waals surface area (Å²) in [4.78, 5) is 22.1. The van der Waals surface area contributed by atoms with Crippen molar-refractivity contribution in [2.75, 3.05) is 27.4 Å². The van der Waals surface area contributed by atoms with E-state index in [-0.39, 0.29) is 36.0 Å². The minimum atomic E-state index is -0.115. The molecule has 1 heterocycles. The van der Waals surface area contributed by atoms with E-state index in [1.54, 1.807) is 7.11 Å². The Hall–Kier alpha value is -0.850. The standard InChI is InChI=1S/C10H18O4.C7H10O2.CH3Cl/c1-12-7-14-9-5-3-4-8(6-9)10(11)13-2;8-7-5-2-1-3-6(4-5)9-7;1-2/h8-9H,3-7H2,1-2H3;5-6H,1-4H2;1H3. The van der Waals surface area contributed by atoms with Gasteiger partial charge in [-0.05, 0) is 44.9 Å². The van der Waals surface area contributed by atoms with E-state index in [2.05, 4.69) is 11.6 Å². The topological polar surface area (TPSA) is 71.1 Å². The van der Waals surface area contributed by atoms with Crippen LogP contribution in [0.4, 0.5) is 0 Å². The fraction of sp³-hybridized carbons (Fsp3) is 0.889. The molecule has 6 nitrogen and oxygen atoms in total. The summed E-state index contributed by atoms with van der Waals surface area (Å²) < 4.78 is 20.0. The van der Waals surface area contributed by atoms with E-state index in [0.717, 1.165) is 44.9 Å². The lowest BCUT2D eigenvalue weighted by Gasteiger charge is -2.27. The second-order valence-corrected chi connectivity index (χ2v) is 6.50. The molecule has 0 amide bonds. The van der Waals surface area contributed by atoms with Crippen molar-refractivity contribution in [3.8, 4) is 0 Å². The van der Waals surface area contributed by atoms with Gasteiger partial charge in [0.05, 0.1) is 25.0 Å². The molecule has 0 aromatic rings. The van der Waals surface area contributed by atoms with Crippen molar-refractivity contribution >= 4 is 23.5 Å². The average molecular weight is 379 g/mol. The normalized spacial score (nSPS) is 30.2. The zero-order chi connectivity index (χ0) is 18.7. The van der Waals surface area contributed by atoms with Crippen molar-refractivity contribution in [3.05, 3.63) is 0 Å². The minimum absolute atomic E-state index is 0.00982. The van der Waals surface area contributed by atoms with Crippen LogP contribution in [0.25, 0.3) is 0 Å². The third kappa shape index (κ3) is 7.50. The Labute approximate surface area is 155 Å². The van der Waals surface area contributed by atoms with Crippen molar-refractivity contribution in [3.63, 3.8) is 0 Å². The number of methoxy groups -OCH3 is 2. The van der Waals surface area contributed by atoms with Crippen LogP contribution in [-0.2, 0) is 28.5 Å². The van der Waals surface area contributed by atoms with Crippen molar-refractivity contribution < 1.29 is 28.5 Å². The van der Waals surface area contributed by atoms with E-state index in [4.69, 9.17) is 18.9 Å². The van der Waals surface area contributed by atoms with E-state index in [1.807, 2.05) is 0 Å². The molecule has 3 fully saturated rings. The summed E-state index contributed by atoms with van der Waals surface area (Å²) in [6.45, 7) is 0.304. The maximum absolute atomic E-state index is 11.3. The highest BCUT2D eigenvalue weighted by Crippen LogP contribution is 2.33. The molecule has 1 saturated heterocycles. The van der Waals surface area contributed by atoms with Gasteiger partial charge in [0.2, 0.25) is 0 Å². The van der Waals surface area contributed by atoms with Crippen molar-refractivity contribution in [2.45, 2.75) is 63.6 Å². The number of carbonyl (C=O) groups is 2. The second kappa shape index (κ2) is 12.5. The lowest BCUT2D eigenvalue weighted by Crippen LogP contribution is -2.29. The molecule has 2 aliphatic carbocycles. The fourth-order valence-electron chi connectivity index (χ4n) is 3.57. The predicted octanol–water partition coefficient (Wildman–Crippen LogP) is 3.30. The first kappa shape index (κ1) is 22.2. The Bertz CT molecular complexity index is 403. The number of carbonyl (C=O) groups excluding carboxylic acids is 2. The van der Waals surface area contributed by atoms with Crippen LogP contribution in [0.3, 0.4) is 0 Å². The molecule has 0 N–H and O–H groups in total. The minimum Gasteiger partial charge on any atom is -0.469 e. The summed E-state index contributed by atoms with van der Waals surface area (Å²) in [5.41, 5.74) is 0. The number of alkyl halides is 1. The number of hydrogen-bond donors (Lipinski definition) is 0. The summed E-state index contributed by atoms with van der Waals surface area (Å²) in [6, 6.07) is 0. The summed E-state index contributed by atoms with van der Waals surface area (Å²) in [6.07, 6.45) is 9.96. The first-order valence-electron chi connectivity index (χ1n) is 8.90. The maximum atomic E-state index is 11.3. The van der Waals surface area contributed by atoms with Crippen LogP contribution in [0.5, 0.6) is 0 Å². The molecule has 0 aromatic carbocycles. The average Bonchev–Trinajstić information content (AvgIpc) is 2.93. The molecule has 4 atom stereocenters. The highest BCUT2D eigenvalue weighted by molar-refractivity contribution is 6.15. The molecule has 0 aromatic heterocycles. The van der Waals surface area contributed by atoms with Gasteiger partial charge in [-0.15, -0.1) is 11.6 Å². The predicted molar refractivity (Wildman–Crippen MR) is 94.3 cm³/mol. The summed E-state index contributed by atoms with van der Waals surface area (Å²) in [7, 11) is 3.03. The van der Waals surface area contributed by atoms with Gasteiger partial charge >= 0.3 is 11.9 Å². The summed E-state index contributed by atoms with van der Waals surface area (Å²) in [5, 5.41) is 0. The molecule has 7 heteroatoms. The highest BCUT2D eigenvalue weighted by atomic mass is 35.5. The van der Waals surface area contributed by atoms with Crippen molar-refractivity contribution in [1.82, 2.24) is 0 Å². The third-order valence-corrected chi connectivity index (χ3v) is 4.82. The Morgan fingerprint density at radius 1 is 1.12 bits per heavy atom. The first-order chi connectivity index (χ1) is 12.1. The Balaban J connectivity index is 0.000000243. The number of hydrogen-bond acceptors (Lipinski definition) is 6. The number of ether oxygens (including phenoxy) is 4. The van der Waals surface area contributed by atoms with E-state index in [0.29, 0.717) is 6.79 Å². The Morgan fingerprint density at radius 2 is 1.84 bits per heavy atom. The van der Waals surface area contributed by atoms with Gasteiger partial charge in [0.1, 0.15) is 12.9 Å². The van der Waals surface area contributed by atoms with E-state index in [9.17, 15) is 9.59 Å². The molecule has 146 valence electrons. The number of esters is 2. The molecule has 4 unspecified atom stereocenters. The molecule has 2 bridgehead atoms. The number of fused-ring (bicyclic) bond motifs is 2. The monoisotopic (exact) mass is 378 g/mol. The molecular weight excluding hydrogens is 348 g/mol. The van der Waals surface area contributed by atoms with Gasteiger partial charge in [-0.3, -0.25) is 9.59 Å². The van der Waals surface area contributed by atoms with Crippen LogP contribution in [0, 0.1) is 11.8 Å². The fourth-order valence-corrected chi connectivity index (χ4v) is 3.57. The van der Waals surface area contributed by atoms with Crippen LogP contribution in [0.2, 0.25) is 0 Å². The van der Waals surface area contributed by atoms with E-state index < -0.39 is 0 Å². The van der Waals surface area contributed by atoms with Crippen LogP contribution < -0.4 is 0 Å². The molecule has 2 saturated carbocycles. The van der Waals surface area contributed by atoms with Gasteiger partial charge in [-0.2, -0.15) is 0 Å². The Morgan fingerprint density at radius 3 is 2.44 bits per heavy atom. The molecule has 3 rings (SSSR count). The van der Waals surface area contributed by atoms with E-state index >= 15 is 0 Å². The smallest absolute Gasteiger partial charge is 0.309 e. The van der Waals surface area contributed by atoms with Crippen molar-refractivity contribution in [2.24, 2.45) is 11.8 Å². The van der Waals surface area contributed by atoms with Gasteiger partial charge in [-0.25, -0.2) is 0 Å². The molecule has 1 aliphatic heterocycles. The number of rotatable bonds is 4. The first-order valence-corrected chi connectivity index (χ1v) is 9.66.